The van der Waals surface area contributed by atoms with E-state index >= 15 is 0 Å². The van der Waals surface area contributed by atoms with Gasteiger partial charge in [0.1, 0.15) is 25.4 Å². The van der Waals surface area contributed by atoms with Crippen molar-refractivity contribution in [2.45, 2.75) is 19.1 Å². The van der Waals surface area contributed by atoms with E-state index in [2.05, 4.69) is 22.3 Å². The van der Waals surface area contributed by atoms with Gasteiger partial charge in [0, 0.05) is 6.04 Å². The van der Waals surface area contributed by atoms with Crippen LogP contribution in [-0.2, 0) is 4.79 Å². The Hall–Kier alpha value is -3.39. The van der Waals surface area contributed by atoms with Gasteiger partial charge in [-0.15, -0.1) is 0 Å². The van der Waals surface area contributed by atoms with E-state index < -0.39 is 0 Å². The maximum absolute atomic E-state index is 12.4. The molecule has 0 aliphatic carbocycles. The lowest BCUT2D eigenvalue weighted by Gasteiger charge is -2.27. The van der Waals surface area contributed by atoms with Crippen LogP contribution in [0.15, 0.2) is 61.2 Å². The van der Waals surface area contributed by atoms with Gasteiger partial charge >= 0.3 is 0 Å². The van der Waals surface area contributed by atoms with E-state index in [0.29, 0.717) is 18.9 Å². The predicted molar refractivity (Wildman–Crippen MR) is 112 cm³/mol. The van der Waals surface area contributed by atoms with E-state index in [9.17, 15) is 4.79 Å². The fourth-order valence-corrected chi connectivity index (χ4v) is 3.31. The lowest BCUT2D eigenvalue weighted by molar-refractivity contribution is -0.122. The van der Waals surface area contributed by atoms with Gasteiger partial charge in [-0.25, -0.2) is 9.67 Å². The Kier molecular flexibility index (Phi) is 5.94. The van der Waals surface area contributed by atoms with Crippen molar-refractivity contribution in [3.63, 3.8) is 0 Å². The number of likely N-dealkylation sites (N-methyl/N-ethyl adjacent to an activating group) is 1. The average Bonchev–Trinajstić information content (AvgIpc) is 3.32. The van der Waals surface area contributed by atoms with Crippen LogP contribution in [0.2, 0.25) is 0 Å². The van der Waals surface area contributed by atoms with Gasteiger partial charge in [-0.3, -0.25) is 9.69 Å². The molecule has 0 unspecified atom stereocenters. The molecule has 1 aliphatic rings. The van der Waals surface area contributed by atoms with Crippen molar-refractivity contribution in [1.29, 1.82) is 0 Å². The molecule has 1 amide bonds. The third-order valence-electron chi connectivity index (χ3n) is 5.21. The summed E-state index contributed by atoms with van der Waals surface area (Å²) < 4.78 is 13.3. The molecule has 1 aliphatic heterocycles. The number of ether oxygens (including phenoxy) is 2. The van der Waals surface area contributed by atoms with Crippen molar-refractivity contribution in [2.24, 2.45) is 0 Å². The lowest BCUT2D eigenvalue weighted by Crippen LogP contribution is -2.44. The average molecular weight is 407 g/mol. The fraction of sp³-hybridized carbons (Fsp3) is 0.318. The smallest absolute Gasteiger partial charge is 0.234 e. The van der Waals surface area contributed by atoms with Crippen LogP contribution in [-0.4, -0.2) is 58.4 Å². The quantitative estimate of drug-likeness (QED) is 0.647. The third kappa shape index (κ3) is 4.60. The topological polar surface area (TPSA) is 81.5 Å². The summed E-state index contributed by atoms with van der Waals surface area (Å²) in [7, 11) is 1.94. The Labute approximate surface area is 175 Å². The SMILES string of the molecule is C[C@@H](c1ccc(-n2cncn2)cc1)N(C)CC(=O)NC[C@H]1COc2ccccc2O1. The zero-order valence-corrected chi connectivity index (χ0v) is 17.1. The highest BCUT2D eigenvalue weighted by atomic mass is 16.6. The van der Waals surface area contributed by atoms with Crippen LogP contribution in [0.5, 0.6) is 11.5 Å². The zero-order chi connectivity index (χ0) is 20.9. The van der Waals surface area contributed by atoms with Gasteiger partial charge in [-0.1, -0.05) is 24.3 Å². The first kappa shape index (κ1) is 19.9. The number of fused-ring (bicyclic) bond motifs is 1. The van der Waals surface area contributed by atoms with E-state index in [1.54, 1.807) is 11.0 Å². The summed E-state index contributed by atoms with van der Waals surface area (Å²) >= 11 is 0. The number of nitrogens with zero attached hydrogens (tertiary/aromatic N) is 4. The molecule has 8 nitrogen and oxygen atoms in total. The molecule has 8 heteroatoms. The van der Waals surface area contributed by atoms with E-state index in [0.717, 1.165) is 17.0 Å². The summed E-state index contributed by atoms with van der Waals surface area (Å²) in [5.74, 6) is 1.40. The van der Waals surface area contributed by atoms with Gasteiger partial charge in [0.05, 0.1) is 18.8 Å². The van der Waals surface area contributed by atoms with Gasteiger partial charge in [0.15, 0.2) is 11.5 Å². The molecule has 0 saturated carbocycles. The Morgan fingerprint density at radius 1 is 1.23 bits per heavy atom. The number of hydrogen-bond donors (Lipinski definition) is 1. The van der Waals surface area contributed by atoms with Crippen molar-refractivity contribution in [3.05, 3.63) is 66.7 Å². The fourth-order valence-electron chi connectivity index (χ4n) is 3.31. The molecule has 4 rings (SSSR count). The molecular formula is C22H25N5O3. The molecule has 2 atom stereocenters. The largest absolute Gasteiger partial charge is 0.486 e. The van der Waals surface area contributed by atoms with Crippen LogP contribution in [0.4, 0.5) is 0 Å². The molecule has 2 heterocycles. The number of nitrogens with one attached hydrogen (secondary N) is 1. The molecule has 0 fully saturated rings. The van der Waals surface area contributed by atoms with Crippen LogP contribution >= 0.6 is 0 Å². The second-order valence-electron chi connectivity index (χ2n) is 7.32. The van der Waals surface area contributed by atoms with Crippen molar-refractivity contribution in [2.75, 3.05) is 26.7 Å². The summed E-state index contributed by atoms with van der Waals surface area (Å²) in [5.41, 5.74) is 2.06. The molecule has 0 spiro atoms. The minimum Gasteiger partial charge on any atom is -0.486 e. The number of aromatic nitrogens is 3. The molecule has 3 aromatic rings. The number of rotatable bonds is 7. The van der Waals surface area contributed by atoms with Gasteiger partial charge in [0.25, 0.3) is 0 Å². The van der Waals surface area contributed by atoms with Crippen LogP contribution in [0, 0.1) is 0 Å². The molecule has 0 bridgehead atoms. The van der Waals surface area contributed by atoms with Gasteiger partial charge in [0.2, 0.25) is 5.91 Å². The zero-order valence-electron chi connectivity index (χ0n) is 17.1. The number of para-hydroxylation sites is 2. The van der Waals surface area contributed by atoms with E-state index in [1.807, 2.05) is 60.5 Å². The monoisotopic (exact) mass is 407 g/mol. The predicted octanol–water partition coefficient (Wildman–Crippen LogP) is 2.22. The number of carbonyl (C=O) groups excluding carboxylic acids is 1. The molecule has 0 radical (unpaired) electrons. The summed E-state index contributed by atoms with van der Waals surface area (Å²) in [4.78, 5) is 18.4. The Bertz CT molecular complexity index is 975. The highest BCUT2D eigenvalue weighted by Crippen LogP contribution is 2.30. The maximum atomic E-state index is 12.4. The van der Waals surface area contributed by atoms with Crippen LogP contribution in [0.3, 0.4) is 0 Å². The number of benzene rings is 2. The molecule has 30 heavy (non-hydrogen) atoms. The molecule has 0 saturated heterocycles. The second kappa shape index (κ2) is 8.96. The first-order chi connectivity index (χ1) is 14.6. The summed E-state index contributed by atoms with van der Waals surface area (Å²) in [6.45, 7) is 3.19. The van der Waals surface area contributed by atoms with E-state index in [4.69, 9.17) is 9.47 Å². The van der Waals surface area contributed by atoms with Gasteiger partial charge < -0.3 is 14.8 Å². The molecular weight excluding hydrogens is 382 g/mol. The Balaban J connectivity index is 1.26. The Morgan fingerprint density at radius 3 is 2.73 bits per heavy atom. The molecule has 156 valence electrons. The first-order valence-corrected chi connectivity index (χ1v) is 9.90. The highest BCUT2D eigenvalue weighted by Gasteiger charge is 2.22. The van der Waals surface area contributed by atoms with Gasteiger partial charge in [-0.05, 0) is 43.8 Å². The summed E-state index contributed by atoms with van der Waals surface area (Å²) in [6, 6.07) is 15.7. The van der Waals surface area contributed by atoms with Crippen LogP contribution < -0.4 is 14.8 Å². The highest BCUT2D eigenvalue weighted by molar-refractivity contribution is 5.78. The molecule has 1 N–H and O–H groups in total. The number of hydrogen-bond acceptors (Lipinski definition) is 6. The number of amides is 1. The lowest BCUT2D eigenvalue weighted by atomic mass is 10.1. The van der Waals surface area contributed by atoms with Crippen LogP contribution in [0.1, 0.15) is 18.5 Å². The van der Waals surface area contributed by atoms with Crippen LogP contribution in [0.25, 0.3) is 5.69 Å². The standard InChI is InChI=1S/C22H25N5O3/c1-16(17-7-9-18(10-8-17)27-15-23-14-25-27)26(2)12-22(28)24-11-19-13-29-20-5-3-4-6-21(20)30-19/h3-10,14-16,19H,11-13H2,1-2H3,(H,24,28)/t16-,19-/m0/s1. The van der Waals surface area contributed by atoms with Crippen molar-refractivity contribution < 1.29 is 14.3 Å². The molecule has 1 aromatic heterocycles. The maximum Gasteiger partial charge on any atom is 0.234 e. The minimum absolute atomic E-state index is 0.0500. The minimum atomic E-state index is -0.198. The first-order valence-electron chi connectivity index (χ1n) is 9.90. The Morgan fingerprint density at radius 2 is 2.00 bits per heavy atom. The second-order valence-corrected chi connectivity index (χ2v) is 7.32. The normalized spacial score (nSPS) is 16.3. The summed E-state index contributed by atoms with van der Waals surface area (Å²) in [5, 5.41) is 7.07. The third-order valence-corrected chi connectivity index (χ3v) is 5.21. The van der Waals surface area contributed by atoms with Gasteiger partial charge in [-0.2, -0.15) is 5.10 Å². The van der Waals surface area contributed by atoms with Crippen molar-refractivity contribution in [3.8, 4) is 17.2 Å². The van der Waals surface area contributed by atoms with Crippen molar-refractivity contribution in [1.82, 2.24) is 25.0 Å². The summed E-state index contributed by atoms with van der Waals surface area (Å²) in [6.07, 6.45) is 2.97. The number of carbonyl (C=O) groups is 1. The van der Waals surface area contributed by atoms with E-state index in [1.165, 1.54) is 6.33 Å². The molecule has 2 aromatic carbocycles. The van der Waals surface area contributed by atoms with Crippen molar-refractivity contribution >= 4 is 5.91 Å². The van der Waals surface area contributed by atoms with E-state index in [-0.39, 0.29) is 24.6 Å².